The van der Waals surface area contributed by atoms with Crippen LogP contribution in [0.25, 0.3) is 0 Å². The molecule has 0 aromatic rings. The quantitative estimate of drug-likeness (QED) is 0.382. The van der Waals surface area contributed by atoms with E-state index < -0.39 is 0 Å². The minimum absolute atomic E-state index is 0.810. The van der Waals surface area contributed by atoms with E-state index in [1.807, 2.05) is 0 Å². The molecule has 0 bridgehead atoms. The van der Waals surface area contributed by atoms with Gasteiger partial charge in [-0.3, -0.25) is 0 Å². The first-order valence-electron chi connectivity index (χ1n) is 9.34. The number of hydrogen-bond donors (Lipinski definition) is 0. The van der Waals surface area contributed by atoms with E-state index in [0.717, 1.165) is 28.5 Å². The summed E-state index contributed by atoms with van der Waals surface area (Å²) in [4.78, 5) is 0.810. The van der Waals surface area contributed by atoms with Crippen LogP contribution in [-0.2, 0) is 0 Å². The summed E-state index contributed by atoms with van der Waals surface area (Å²) >= 11 is 3.87. The second-order valence-corrected chi connectivity index (χ2v) is 8.97. The normalized spacial score (nSPS) is 39.5. The SMILES string of the molecule is CCCCCC1CCC2CCC(Br)CCCC2CC1C. The Morgan fingerprint density at radius 2 is 1.70 bits per heavy atom. The number of fused-ring (bicyclic) bond motifs is 1. The minimum atomic E-state index is 0.810. The molecule has 0 spiro atoms. The highest BCUT2D eigenvalue weighted by Crippen LogP contribution is 2.43. The highest BCUT2D eigenvalue weighted by molar-refractivity contribution is 9.09. The lowest BCUT2D eigenvalue weighted by Gasteiger charge is -2.30. The first-order chi connectivity index (χ1) is 9.70. The van der Waals surface area contributed by atoms with Gasteiger partial charge in [0.15, 0.2) is 0 Å². The molecule has 2 fully saturated rings. The fraction of sp³-hybridized carbons (Fsp3) is 1.00. The van der Waals surface area contributed by atoms with E-state index in [0.29, 0.717) is 0 Å². The Labute approximate surface area is 135 Å². The Morgan fingerprint density at radius 3 is 2.50 bits per heavy atom. The van der Waals surface area contributed by atoms with E-state index in [4.69, 9.17) is 0 Å². The van der Waals surface area contributed by atoms with Gasteiger partial charge in [-0.2, -0.15) is 0 Å². The third-order valence-electron chi connectivity index (χ3n) is 6.18. The van der Waals surface area contributed by atoms with Crippen LogP contribution in [0.5, 0.6) is 0 Å². The zero-order valence-corrected chi connectivity index (χ0v) is 15.3. The molecule has 2 aliphatic carbocycles. The van der Waals surface area contributed by atoms with E-state index >= 15 is 0 Å². The van der Waals surface area contributed by atoms with Crippen LogP contribution in [0.2, 0.25) is 0 Å². The summed E-state index contributed by atoms with van der Waals surface area (Å²) in [5.41, 5.74) is 0. The molecule has 2 saturated carbocycles. The minimum Gasteiger partial charge on any atom is -0.0891 e. The lowest BCUT2D eigenvalue weighted by atomic mass is 9.77. The van der Waals surface area contributed by atoms with E-state index in [1.165, 1.54) is 77.0 Å². The zero-order chi connectivity index (χ0) is 14.4. The topological polar surface area (TPSA) is 0 Å². The molecule has 20 heavy (non-hydrogen) atoms. The molecule has 118 valence electrons. The van der Waals surface area contributed by atoms with Crippen molar-refractivity contribution in [2.24, 2.45) is 23.7 Å². The fourth-order valence-electron chi connectivity index (χ4n) is 4.77. The van der Waals surface area contributed by atoms with Crippen molar-refractivity contribution in [3.63, 3.8) is 0 Å². The van der Waals surface area contributed by atoms with Gasteiger partial charge in [-0.05, 0) is 62.2 Å². The summed E-state index contributed by atoms with van der Waals surface area (Å²) in [6.45, 7) is 4.89. The maximum atomic E-state index is 3.87. The molecule has 2 rings (SSSR count). The van der Waals surface area contributed by atoms with Gasteiger partial charge >= 0.3 is 0 Å². The molecule has 0 N–H and O–H groups in total. The highest BCUT2D eigenvalue weighted by atomic mass is 79.9. The van der Waals surface area contributed by atoms with Crippen LogP contribution >= 0.6 is 15.9 Å². The van der Waals surface area contributed by atoms with Crippen molar-refractivity contribution < 1.29 is 0 Å². The van der Waals surface area contributed by atoms with Crippen molar-refractivity contribution in [3.05, 3.63) is 0 Å². The summed E-state index contributed by atoms with van der Waals surface area (Å²) in [6.07, 6.45) is 17.7. The summed E-state index contributed by atoms with van der Waals surface area (Å²) in [7, 11) is 0. The van der Waals surface area contributed by atoms with Crippen LogP contribution in [0.3, 0.4) is 0 Å². The highest BCUT2D eigenvalue weighted by Gasteiger charge is 2.32. The number of alkyl halides is 1. The molecule has 0 nitrogen and oxygen atoms in total. The van der Waals surface area contributed by atoms with Crippen LogP contribution < -0.4 is 0 Å². The number of halogens is 1. The molecule has 0 amide bonds. The monoisotopic (exact) mass is 342 g/mol. The van der Waals surface area contributed by atoms with Crippen molar-refractivity contribution in [1.82, 2.24) is 0 Å². The number of unbranched alkanes of at least 4 members (excludes halogenated alkanes) is 2. The maximum absolute atomic E-state index is 3.87. The molecule has 1 heteroatoms. The maximum Gasteiger partial charge on any atom is 0.0145 e. The van der Waals surface area contributed by atoms with Gasteiger partial charge in [-0.1, -0.05) is 68.3 Å². The van der Waals surface area contributed by atoms with E-state index in [1.54, 1.807) is 0 Å². The molecule has 5 unspecified atom stereocenters. The Hall–Kier alpha value is 0.480. The zero-order valence-electron chi connectivity index (χ0n) is 13.7. The van der Waals surface area contributed by atoms with Gasteiger partial charge in [0.25, 0.3) is 0 Å². The van der Waals surface area contributed by atoms with Gasteiger partial charge in [0, 0.05) is 4.83 Å². The third-order valence-corrected chi connectivity index (χ3v) is 7.09. The average molecular weight is 343 g/mol. The van der Waals surface area contributed by atoms with E-state index in [2.05, 4.69) is 29.8 Å². The summed E-state index contributed by atoms with van der Waals surface area (Å²) in [6, 6.07) is 0. The van der Waals surface area contributed by atoms with Gasteiger partial charge < -0.3 is 0 Å². The van der Waals surface area contributed by atoms with Crippen molar-refractivity contribution in [2.75, 3.05) is 0 Å². The first kappa shape index (κ1) is 16.8. The van der Waals surface area contributed by atoms with Crippen molar-refractivity contribution >= 4 is 15.9 Å². The molecular weight excluding hydrogens is 308 g/mol. The Morgan fingerprint density at radius 1 is 0.900 bits per heavy atom. The van der Waals surface area contributed by atoms with Crippen LogP contribution in [0.15, 0.2) is 0 Å². The number of rotatable bonds is 4. The van der Waals surface area contributed by atoms with Gasteiger partial charge in [0.2, 0.25) is 0 Å². The fourth-order valence-corrected chi connectivity index (χ4v) is 5.36. The first-order valence-corrected chi connectivity index (χ1v) is 10.3. The van der Waals surface area contributed by atoms with E-state index in [-0.39, 0.29) is 0 Å². The smallest absolute Gasteiger partial charge is 0.0145 e. The third kappa shape index (κ3) is 5.04. The molecule has 0 heterocycles. The average Bonchev–Trinajstić information content (AvgIpc) is 2.55. The molecule has 0 aromatic heterocycles. The van der Waals surface area contributed by atoms with Crippen LogP contribution in [0, 0.1) is 23.7 Å². The molecule has 0 aromatic carbocycles. The van der Waals surface area contributed by atoms with Crippen molar-refractivity contribution in [1.29, 1.82) is 0 Å². The van der Waals surface area contributed by atoms with Crippen LogP contribution in [-0.4, -0.2) is 4.83 Å². The van der Waals surface area contributed by atoms with Gasteiger partial charge in [-0.25, -0.2) is 0 Å². The van der Waals surface area contributed by atoms with Gasteiger partial charge in [0.05, 0.1) is 0 Å². The Kier molecular flexibility index (Phi) is 7.42. The summed E-state index contributed by atoms with van der Waals surface area (Å²) in [5, 5.41) is 0. The molecule has 2 aliphatic rings. The second kappa shape index (κ2) is 8.81. The standard InChI is InChI=1S/C19H35Br/c1-3-4-5-7-16-10-11-17-12-13-19(20)9-6-8-18(17)14-15(16)2/h15-19H,3-14H2,1-2H3. The Balaban J connectivity index is 1.88. The molecule has 0 radical (unpaired) electrons. The predicted octanol–water partition coefficient (Wildman–Crippen LogP) is 6.96. The van der Waals surface area contributed by atoms with Gasteiger partial charge in [-0.15, -0.1) is 0 Å². The van der Waals surface area contributed by atoms with Crippen molar-refractivity contribution in [2.45, 2.75) is 95.7 Å². The molecule has 5 atom stereocenters. The molecule has 0 saturated heterocycles. The van der Waals surface area contributed by atoms with E-state index in [9.17, 15) is 0 Å². The summed E-state index contributed by atoms with van der Waals surface area (Å²) in [5.74, 6) is 4.13. The molecule has 0 aliphatic heterocycles. The predicted molar refractivity (Wildman–Crippen MR) is 93.4 cm³/mol. The van der Waals surface area contributed by atoms with Crippen molar-refractivity contribution in [3.8, 4) is 0 Å². The van der Waals surface area contributed by atoms with Crippen LogP contribution in [0.1, 0.15) is 90.9 Å². The lowest BCUT2D eigenvalue weighted by molar-refractivity contribution is 0.230. The summed E-state index contributed by atoms with van der Waals surface area (Å²) < 4.78 is 0. The van der Waals surface area contributed by atoms with Crippen LogP contribution in [0.4, 0.5) is 0 Å². The van der Waals surface area contributed by atoms with Gasteiger partial charge in [0.1, 0.15) is 0 Å². The number of hydrogen-bond acceptors (Lipinski definition) is 0. The Bertz CT molecular complexity index is 262. The second-order valence-electron chi connectivity index (χ2n) is 7.67. The lowest BCUT2D eigenvalue weighted by Crippen LogP contribution is -2.20. The molecular formula is C19H35Br. The largest absolute Gasteiger partial charge is 0.0891 e.